The fourth-order valence-electron chi connectivity index (χ4n) is 3.76. The van der Waals surface area contributed by atoms with Crippen LogP contribution in [0.1, 0.15) is 25.5 Å². The Morgan fingerprint density at radius 3 is 2.57 bits per heavy atom. The van der Waals surface area contributed by atoms with Gasteiger partial charge in [0, 0.05) is 29.8 Å². The number of sulfone groups is 1. The van der Waals surface area contributed by atoms with Gasteiger partial charge in [0.1, 0.15) is 11.8 Å². The van der Waals surface area contributed by atoms with Crippen LogP contribution < -0.4 is 9.64 Å². The van der Waals surface area contributed by atoms with E-state index in [1.165, 1.54) is 12.3 Å². The summed E-state index contributed by atoms with van der Waals surface area (Å²) in [4.78, 5) is 2.44. The molecule has 0 N–H and O–H groups in total. The average molecular weight is 423 g/mol. The second kappa shape index (κ2) is 7.58. The molecule has 0 bridgehead atoms. The van der Waals surface area contributed by atoms with Crippen LogP contribution in [0.5, 0.6) is 5.75 Å². The SMILES string of the molecule is CCN(c1c(C#N)nnc2cc(-c3cc(S(C)(=O)=O)ccc3OC)ccc12)C1CC1. The Kier molecular flexibility index (Phi) is 5.08. The first-order valence-electron chi connectivity index (χ1n) is 9.73. The topological polar surface area (TPSA) is 96.2 Å². The smallest absolute Gasteiger partial charge is 0.187 e. The van der Waals surface area contributed by atoms with Crippen LogP contribution in [0.3, 0.4) is 0 Å². The molecule has 0 aliphatic heterocycles. The minimum absolute atomic E-state index is 0.218. The van der Waals surface area contributed by atoms with Gasteiger partial charge in [-0.1, -0.05) is 6.07 Å². The van der Waals surface area contributed by atoms with E-state index in [-0.39, 0.29) is 4.90 Å². The van der Waals surface area contributed by atoms with Crippen LogP contribution in [0.25, 0.3) is 22.0 Å². The highest BCUT2D eigenvalue weighted by molar-refractivity contribution is 7.90. The summed E-state index contributed by atoms with van der Waals surface area (Å²) in [6.07, 6.45) is 3.39. The molecule has 4 rings (SSSR count). The summed E-state index contributed by atoms with van der Waals surface area (Å²) in [7, 11) is -1.81. The van der Waals surface area contributed by atoms with E-state index < -0.39 is 9.84 Å². The molecule has 0 unspecified atom stereocenters. The van der Waals surface area contributed by atoms with E-state index in [9.17, 15) is 13.7 Å². The number of aromatic nitrogens is 2. The Bertz CT molecular complexity index is 1280. The maximum atomic E-state index is 12.0. The lowest BCUT2D eigenvalue weighted by Crippen LogP contribution is -2.26. The second-order valence-corrected chi connectivity index (χ2v) is 9.41. The number of methoxy groups -OCH3 is 1. The molecular formula is C22H22N4O3S. The first-order chi connectivity index (χ1) is 14.4. The fraction of sp³-hybridized carbons (Fsp3) is 0.318. The Balaban J connectivity index is 1.91. The van der Waals surface area contributed by atoms with Gasteiger partial charge in [0.15, 0.2) is 15.5 Å². The van der Waals surface area contributed by atoms with Crippen molar-refractivity contribution in [3.8, 4) is 22.9 Å². The summed E-state index contributed by atoms with van der Waals surface area (Å²) in [6.45, 7) is 2.85. The van der Waals surface area contributed by atoms with Crippen LogP contribution in [-0.4, -0.2) is 44.6 Å². The number of benzene rings is 2. The Hall–Kier alpha value is -3.18. The third-order valence-corrected chi connectivity index (χ3v) is 6.48. The normalized spacial score (nSPS) is 13.8. The van der Waals surface area contributed by atoms with Crippen LogP contribution in [0.15, 0.2) is 41.3 Å². The zero-order valence-electron chi connectivity index (χ0n) is 17.1. The highest BCUT2D eigenvalue weighted by Gasteiger charge is 2.31. The molecule has 0 radical (unpaired) electrons. The minimum Gasteiger partial charge on any atom is -0.496 e. The van der Waals surface area contributed by atoms with Crippen LogP contribution >= 0.6 is 0 Å². The van der Waals surface area contributed by atoms with Crippen molar-refractivity contribution in [1.82, 2.24) is 10.2 Å². The summed E-state index contributed by atoms with van der Waals surface area (Å²) >= 11 is 0. The van der Waals surface area contributed by atoms with E-state index in [0.29, 0.717) is 28.6 Å². The van der Waals surface area contributed by atoms with Crippen molar-refractivity contribution >= 4 is 26.4 Å². The molecule has 1 saturated carbocycles. The van der Waals surface area contributed by atoms with E-state index >= 15 is 0 Å². The lowest BCUT2D eigenvalue weighted by Gasteiger charge is -2.24. The zero-order chi connectivity index (χ0) is 21.5. The number of hydrogen-bond acceptors (Lipinski definition) is 7. The molecule has 154 valence electrons. The highest BCUT2D eigenvalue weighted by atomic mass is 32.2. The van der Waals surface area contributed by atoms with Crippen molar-refractivity contribution < 1.29 is 13.2 Å². The van der Waals surface area contributed by atoms with Crippen molar-refractivity contribution in [1.29, 1.82) is 5.26 Å². The number of nitriles is 1. The number of fused-ring (bicyclic) bond motifs is 1. The Morgan fingerprint density at radius 2 is 1.97 bits per heavy atom. The van der Waals surface area contributed by atoms with Gasteiger partial charge >= 0.3 is 0 Å². The van der Waals surface area contributed by atoms with Gasteiger partial charge in [-0.05, 0) is 55.7 Å². The summed E-state index contributed by atoms with van der Waals surface area (Å²) < 4.78 is 29.5. The third-order valence-electron chi connectivity index (χ3n) is 5.37. The largest absolute Gasteiger partial charge is 0.496 e. The minimum atomic E-state index is -3.36. The maximum Gasteiger partial charge on any atom is 0.187 e. The molecule has 0 saturated heterocycles. The summed E-state index contributed by atoms with van der Waals surface area (Å²) in [5.41, 5.74) is 3.21. The van der Waals surface area contributed by atoms with E-state index in [1.807, 2.05) is 18.2 Å². The van der Waals surface area contributed by atoms with Crippen LogP contribution in [0.4, 0.5) is 5.69 Å². The van der Waals surface area contributed by atoms with Crippen LogP contribution in [0, 0.1) is 11.3 Å². The molecule has 2 aromatic carbocycles. The summed E-state index contributed by atoms with van der Waals surface area (Å²) in [5, 5.41) is 18.9. The fourth-order valence-corrected chi connectivity index (χ4v) is 4.40. The second-order valence-electron chi connectivity index (χ2n) is 7.39. The van der Waals surface area contributed by atoms with Gasteiger partial charge in [-0.15, -0.1) is 10.2 Å². The molecule has 3 aromatic rings. The predicted molar refractivity (Wildman–Crippen MR) is 115 cm³/mol. The van der Waals surface area contributed by atoms with Crippen molar-refractivity contribution in [3.05, 3.63) is 42.1 Å². The van der Waals surface area contributed by atoms with E-state index in [2.05, 4.69) is 28.1 Å². The van der Waals surface area contributed by atoms with Gasteiger partial charge in [0.25, 0.3) is 0 Å². The maximum absolute atomic E-state index is 12.0. The lowest BCUT2D eigenvalue weighted by molar-refractivity contribution is 0.416. The molecule has 0 atom stereocenters. The first kappa shape index (κ1) is 20.1. The molecule has 0 amide bonds. The Morgan fingerprint density at radius 1 is 1.20 bits per heavy atom. The van der Waals surface area contributed by atoms with Crippen molar-refractivity contribution in [2.75, 3.05) is 24.8 Å². The molecular weight excluding hydrogens is 400 g/mol. The molecule has 0 spiro atoms. The quantitative estimate of drug-likeness (QED) is 0.599. The average Bonchev–Trinajstić information content (AvgIpc) is 3.58. The van der Waals surface area contributed by atoms with Crippen molar-refractivity contribution in [2.24, 2.45) is 0 Å². The molecule has 1 aliphatic rings. The summed E-state index contributed by atoms with van der Waals surface area (Å²) in [5.74, 6) is 0.566. The Labute approximate surface area is 175 Å². The zero-order valence-corrected chi connectivity index (χ0v) is 17.9. The molecule has 1 aromatic heterocycles. The molecule has 1 aliphatic carbocycles. The van der Waals surface area contributed by atoms with E-state index in [4.69, 9.17) is 4.74 Å². The monoisotopic (exact) mass is 422 g/mol. The highest BCUT2D eigenvalue weighted by Crippen LogP contribution is 2.39. The van der Waals surface area contributed by atoms with E-state index in [1.54, 1.807) is 19.2 Å². The molecule has 1 fully saturated rings. The standard InChI is InChI=1S/C22H22N4O3S/c1-4-26(15-6-7-15)22-17-9-5-14(11-19(17)24-25-20(22)13-23)18-12-16(30(3,27)28)8-10-21(18)29-2/h5,8-12,15H,4,6-7H2,1-3H3. The first-order valence-corrected chi connectivity index (χ1v) is 11.6. The van der Waals surface area contributed by atoms with Crippen molar-refractivity contribution in [3.63, 3.8) is 0 Å². The van der Waals surface area contributed by atoms with Gasteiger partial charge < -0.3 is 9.64 Å². The number of ether oxygens (including phenoxy) is 1. The van der Waals surface area contributed by atoms with Gasteiger partial charge in [0.2, 0.25) is 0 Å². The number of anilines is 1. The van der Waals surface area contributed by atoms with Crippen LogP contribution in [-0.2, 0) is 9.84 Å². The van der Waals surface area contributed by atoms with Crippen LogP contribution in [0.2, 0.25) is 0 Å². The van der Waals surface area contributed by atoms with Crippen molar-refractivity contribution in [2.45, 2.75) is 30.7 Å². The van der Waals surface area contributed by atoms with Gasteiger partial charge in [0.05, 0.1) is 23.2 Å². The van der Waals surface area contributed by atoms with E-state index in [0.717, 1.165) is 36.0 Å². The molecule has 7 nitrogen and oxygen atoms in total. The predicted octanol–water partition coefficient (Wildman–Crippen LogP) is 3.57. The molecule has 30 heavy (non-hydrogen) atoms. The summed E-state index contributed by atoms with van der Waals surface area (Å²) in [6, 6.07) is 13.1. The molecule has 1 heterocycles. The third kappa shape index (κ3) is 3.57. The van der Waals surface area contributed by atoms with Gasteiger partial charge in [-0.3, -0.25) is 0 Å². The number of hydrogen-bond donors (Lipinski definition) is 0. The van der Waals surface area contributed by atoms with Gasteiger partial charge in [-0.2, -0.15) is 5.26 Å². The molecule has 8 heteroatoms. The van der Waals surface area contributed by atoms with Gasteiger partial charge in [-0.25, -0.2) is 8.42 Å². The number of rotatable bonds is 6. The lowest BCUT2D eigenvalue weighted by atomic mass is 10.0. The number of nitrogens with zero attached hydrogens (tertiary/aromatic N) is 4.